The molecule has 9 heteroatoms. The first kappa shape index (κ1) is 21.3. The maximum Gasteiger partial charge on any atom is 0.260 e. The van der Waals surface area contributed by atoms with E-state index in [1.54, 1.807) is 36.1 Å². The van der Waals surface area contributed by atoms with Crippen LogP contribution in [0.25, 0.3) is 11.3 Å². The molecule has 5 rings (SSSR count). The normalized spacial score (nSPS) is 15.7. The number of anilines is 2. The average Bonchev–Trinajstić information content (AvgIpc) is 3.18. The zero-order chi connectivity index (χ0) is 23.1. The second kappa shape index (κ2) is 8.40. The van der Waals surface area contributed by atoms with Crippen LogP contribution in [-0.2, 0) is 6.54 Å². The maximum absolute atomic E-state index is 15.2. The number of aromatic nitrogens is 3. The highest BCUT2D eigenvalue weighted by Gasteiger charge is 2.34. The Morgan fingerprint density at radius 3 is 2.67 bits per heavy atom. The quantitative estimate of drug-likeness (QED) is 0.657. The van der Waals surface area contributed by atoms with Crippen LogP contribution in [0.5, 0.6) is 5.75 Å². The summed E-state index contributed by atoms with van der Waals surface area (Å²) in [6, 6.07) is 6.86. The number of halogens is 1. The molecule has 33 heavy (non-hydrogen) atoms. The second-order valence-electron chi connectivity index (χ2n) is 8.26. The van der Waals surface area contributed by atoms with Crippen molar-refractivity contribution in [2.75, 3.05) is 43.1 Å². The summed E-state index contributed by atoms with van der Waals surface area (Å²) in [6.07, 6.45) is 1.54. The molecule has 0 bridgehead atoms. The third-order valence-corrected chi connectivity index (χ3v) is 6.11. The molecule has 1 fully saturated rings. The predicted octanol–water partition coefficient (Wildman–Crippen LogP) is 2.87. The number of ether oxygens (including phenoxy) is 1. The van der Waals surface area contributed by atoms with E-state index in [-0.39, 0.29) is 18.0 Å². The van der Waals surface area contributed by atoms with Crippen molar-refractivity contribution in [2.45, 2.75) is 20.4 Å². The Balaban J connectivity index is 1.56. The van der Waals surface area contributed by atoms with Crippen molar-refractivity contribution in [3.05, 3.63) is 58.7 Å². The van der Waals surface area contributed by atoms with E-state index in [0.29, 0.717) is 39.9 Å². The van der Waals surface area contributed by atoms with Gasteiger partial charge in [-0.3, -0.25) is 14.7 Å². The van der Waals surface area contributed by atoms with Gasteiger partial charge in [0.05, 0.1) is 24.9 Å². The van der Waals surface area contributed by atoms with Crippen LogP contribution >= 0.6 is 0 Å². The predicted molar refractivity (Wildman–Crippen MR) is 123 cm³/mol. The van der Waals surface area contributed by atoms with Gasteiger partial charge in [-0.05, 0) is 31.5 Å². The Bertz CT molecular complexity index is 1240. The number of piperazine rings is 1. The number of benzene rings is 1. The van der Waals surface area contributed by atoms with Gasteiger partial charge in [0.2, 0.25) is 5.95 Å². The third kappa shape index (κ3) is 3.68. The van der Waals surface area contributed by atoms with Crippen LogP contribution in [-0.4, -0.2) is 54.1 Å². The molecule has 4 heterocycles. The molecule has 1 aromatic carbocycles. The summed E-state index contributed by atoms with van der Waals surface area (Å²) in [5.41, 5.74) is 3.09. The molecule has 1 amide bonds. The summed E-state index contributed by atoms with van der Waals surface area (Å²) in [5.74, 6) is 0.925. The lowest BCUT2D eigenvalue weighted by molar-refractivity contribution is 0.0996. The minimum absolute atomic E-state index is 0.190. The van der Waals surface area contributed by atoms with Gasteiger partial charge < -0.3 is 15.0 Å². The Morgan fingerprint density at radius 1 is 1.12 bits per heavy atom. The molecule has 8 nitrogen and oxygen atoms in total. The van der Waals surface area contributed by atoms with Crippen molar-refractivity contribution in [1.29, 1.82) is 0 Å². The molecular weight excluding hydrogens is 423 g/mol. The number of methoxy groups -OCH3 is 1. The van der Waals surface area contributed by atoms with Crippen molar-refractivity contribution in [3.8, 4) is 17.0 Å². The molecule has 3 aromatic rings. The number of aryl methyl sites for hydroxylation is 2. The number of rotatable bonds is 4. The van der Waals surface area contributed by atoms with E-state index < -0.39 is 5.82 Å². The largest absolute Gasteiger partial charge is 0.496 e. The fourth-order valence-corrected chi connectivity index (χ4v) is 4.36. The van der Waals surface area contributed by atoms with Gasteiger partial charge in [-0.25, -0.2) is 9.37 Å². The first-order chi connectivity index (χ1) is 16.0. The highest BCUT2D eigenvalue weighted by atomic mass is 19.1. The lowest BCUT2D eigenvalue weighted by Gasteiger charge is -2.28. The van der Waals surface area contributed by atoms with E-state index in [2.05, 4.69) is 20.2 Å². The van der Waals surface area contributed by atoms with Crippen molar-refractivity contribution < 1.29 is 13.9 Å². The van der Waals surface area contributed by atoms with E-state index in [1.807, 2.05) is 6.92 Å². The summed E-state index contributed by atoms with van der Waals surface area (Å²) < 4.78 is 20.6. The number of carbonyl (C=O) groups excluding carboxylic acids is 1. The van der Waals surface area contributed by atoms with Crippen molar-refractivity contribution in [2.24, 2.45) is 0 Å². The monoisotopic (exact) mass is 448 g/mol. The minimum atomic E-state index is -0.403. The molecule has 0 unspecified atom stereocenters. The SMILES string of the molecule is COc1ccc(C)c(F)c1-c1nccc2c1CN(c1cc(C)nc(N3CCNCC3)n1)C2=O. The van der Waals surface area contributed by atoms with Gasteiger partial charge >= 0.3 is 0 Å². The average molecular weight is 449 g/mol. The number of amides is 1. The molecule has 0 atom stereocenters. The third-order valence-electron chi connectivity index (χ3n) is 6.11. The Hall–Kier alpha value is -3.59. The van der Waals surface area contributed by atoms with Crippen LogP contribution in [0.3, 0.4) is 0 Å². The van der Waals surface area contributed by atoms with Crippen molar-refractivity contribution in [1.82, 2.24) is 20.3 Å². The van der Waals surface area contributed by atoms with Gasteiger partial charge in [-0.15, -0.1) is 0 Å². The number of hydrogen-bond acceptors (Lipinski definition) is 7. The molecule has 2 aliphatic heterocycles. The first-order valence-electron chi connectivity index (χ1n) is 10.9. The van der Waals surface area contributed by atoms with Gasteiger partial charge in [0, 0.05) is 55.3 Å². The van der Waals surface area contributed by atoms with E-state index in [4.69, 9.17) is 9.72 Å². The molecule has 2 aliphatic rings. The zero-order valence-corrected chi connectivity index (χ0v) is 18.9. The van der Waals surface area contributed by atoms with Gasteiger partial charge in [-0.1, -0.05) is 6.07 Å². The molecule has 0 spiro atoms. The molecule has 1 saturated heterocycles. The van der Waals surface area contributed by atoms with Crippen molar-refractivity contribution in [3.63, 3.8) is 0 Å². The standard InChI is InChI=1S/C24H25FN6O2/c1-14-4-5-18(33-3)20(21(14)25)22-17-13-31(23(32)16(17)6-7-27-22)19-12-15(2)28-24(29-19)30-10-8-26-9-11-30/h4-7,12,26H,8-11,13H2,1-3H3. The van der Waals surface area contributed by atoms with E-state index >= 15 is 4.39 Å². The Kier molecular flexibility index (Phi) is 5.41. The first-order valence-corrected chi connectivity index (χ1v) is 10.9. The van der Waals surface area contributed by atoms with Gasteiger partial charge in [0.1, 0.15) is 17.4 Å². The van der Waals surface area contributed by atoms with E-state index in [1.165, 1.54) is 13.3 Å². The summed E-state index contributed by atoms with van der Waals surface area (Å²) in [6.45, 7) is 7.16. The van der Waals surface area contributed by atoms with Crippen LogP contribution in [0.15, 0.2) is 30.5 Å². The summed E-state index contributed by atoms with van der Waals surface area (Å²) in [7, 11) is 1.50. The number of nitrogens with zero attached hydrogens (tertiary/aromatic N) is 5. The van der Waals surface area contributed by atoms with Crippen LogP contribution in [0.1, 0.15) is 27.2 Å². The highest BCUT2D eigenvalue weighted by molar-refractivity contribution is 6.10. The molecule has 0 aliphatic carbocycles. The maximum atomic E-state index is 15.2. The summed E-state index contributed by atoms with van der Waals surface area (Å²) >= 11 is 0. The molecule has 0 saturated carbocycles. The zero-order valence-electron chi connectivity index (χ0n) is 18.9. The minimum Gasteiger partial charge on any atom is -0.496 e. The van der Waals surface area contributed by atoms with Crippen LogP contribution in [0.4, 0.5) is 16.2 Å². The second-order valence-corrected chi connectivity index (χ2v) is 8.26. The van der Waals surface area contributed by atoms with Gasteiger partial charge in [0.15, 0.2) is 0 Å². The summed E-state index contributed by atoms with van der Waals surface area (Å²) in [4.78, 5) is 30.8. The van der Waals surface area contributed by atoms with Gasteiger partial charge in [-0.2, -0.15) is 4.98 Å². The number of carbonyl (C=O) groups is 1. The molecule has 170 valence electrons. The molecular formula is C24H25FN6O2. The molecule has 1 N–H and O–H groups in total. The fourth-order valence-electron chi connectivity index (χ4n) is 4.36. The van der Waals surface area contributed by atoms with Crippen LogP contribution < -0.4 is 19.9 Å². The van der Waals surface area contributed by atoms with E-state index in [9.17, 15) is 4.79 Å². The lowest BCUT2D eigenvalue weighted by atomic mass is 9.99. The fraction of sp³-hybridized carbons (Fsp3) is 0.333. The van der Waals surface area contributed by atoms with Crippen molar-refractivity contribution >= 4 is 17.7 Å². The number of fused-ring (bicyclic) bond motifs is 1. The number of hydrogen-bond donors (Lipinski definition) is 1. The van der Waals surface area contributed by atoms with E-state index in [0.717, 1.165) is 31.9 Å². The smallest absolute Gasteiger partial charge is 0.260 e. The topological polar surface area (TPSA) is 83.5 Å². The van der Waals surface area contributed by atoms with Gasteiger partial charge in [0.25, 0.3) is 5.91 Å². The number of nitrogens with one attached hydrogen (secondary N) is 1. The lowest BCUT2D eigenvalue weighted by Crippen LogP contribution is -2.44. The Labute approximate surface area is 191 Å². The molecule has 2 aromatic heterocycles. The highest BCUT2D eigenvalue weighted by Crippen LogP contribution is 2.39. The van der Waals surface area contributed by atoms with Crippen LogP contribution in [0, 0.1) is 19.7 Å². The number of pyridine rings is 1. The van der Waals surface area contributed by atoms with Crippen LogP contribution in [0.2, 0.25) is 0 Å². The Morgan fingerprint density at radius 2 is 1.91 bits per heavy atom. The summed E-state index contributed by atoms with van der Waals surface area (Å²) in [5, 5.41) is 3.32. The molecule has 0 radical (unpaired) electrons.